The molecule has 0 aromatic heterocycles. The summed E-state index contributed by atoms with van der Waals surface area (Å²) in [5, 5.41) is 12.9. The number of nitrogens with two attached hydrogens (primary N) is 1. The number of aliphatic hydroxyl groups excluding tert-OH is 1. The third-order valence-corrected chi connectivity index (χ3v) is 6.57. The predicted molar refractivity (Wildman–Crippen MR) is 107 cm³/mol. The molecule has 0 radical (unpaired) electrons. The average Bonchev–Trinajstić information content (AvgIpc) is 2.71. The van der Waals surface area contributed by atoms with Crippen LogP contribution < -0.4 is 10.5 Å². The first kappa shape index (κ1) is 18.7. The van der Waals surface area contributed by atoms with E-state index >= 15 is 0 Å². The number of hydrogen-bond donors (Lipinski definition) is 2. The Hall–Kier alpha value is -1.66. The van der Waals surface area contributed by atoms with Crippen molar-refractivity contribution in [2.45, 2.75) is 38.0 Å². The van der Waals surface area contributed by atoms with Crippen molar-refractivity contribution in [3.05, 3.63) is 42.0 Å². The van der Waals surface area contributed by atoms with Crippen LogP contribution in [-0.2, 0) is 11.3 Å². The summed E-state index contributed by atoms with van der Waals surface area (Å²) in [6, 6.07) is 12.7. The van der Waals surface area contributed by atoms with Crippen molar-refractivity contribution in [1.29, 1.82) is 0 Å². The summed E-state index contributed by atoms with van der Waals surface area (Å²) in [4.78, 5) is 2.47. The molecule has 2 unspecified atom stereocenters. The topological polar surface area (TPSA) is 68.0 Å². The molecule has 1 aliphatic carbocycles. The summed E-state index contributed by atoms with van der Waals surface area (Å²) < 4.78 is 11.6. The van der Waals surface area contributed by atoms with Crippen LogP contribution in [0.3, 0.4) is 0 Å². The van der Waals surface area contributed by atoms with Gasteiger partial charge in [-0.15, -0.1) is 0 Å². The minimum absolute atomic E-state index is 0.0749. The highest BCUT2D eigenvalue weighted by molar-refractivity contribution is 5.87. The lowest BCUT2D eigenvalue weighted by molar-refractivity contribution is -0.210. The molecule has 2 aliphatic rings. The van der Waals surface area contributed by atoms with E-state index in [2.05, 4.69) is 41.3 Å². The first-order valence-electron chi connectivity index (χ1n) is 9.94. The van der Waals surface area contributed by atoms with Crippen LogP contribution in [0.15, 0.2) is 36.4 Å². The Morgan fingerprint density at radius 2 is 1.96 bits per heavy atom. The van der Waals surface area contributed by atoms with Crippen LogP contribution in [0.25, 0.3) is 10.8 Å². The highest BCUT2D eigenvalue weighted by Crippen LogP contribution is 2.51. The minimum atomic E-state index is -0.241. The van der Waals surface area contributed by atoms with Gasteiger partial charge in [0.1, 0.15) is 5.75 Å². The van der Waals surface area contributed by atoms with Crippen LogP contribution >= 0.6 is 0 Å². The van der Waals surface area contributed by atoms with Gasteiger partial charge in [-0.3, -0.25) is 4.90 Å². The zero-order chi connectivity index (χ0) is 18.9. The minimum Gasteiger partial charge on any atom is -0.496 e. The van der Waals surface area contributed by atoms with Gasteiger partial charge in [0.2, 0.25) is 0 Å². The van der Waals surface area contributed by atoms with Crippen LogP contribution in [0, 0.1) is 5.41 Å². The maximum Gasteiger partial charge on any atom is 0.123 e. The van der Waals surface area contributed by atoms with Gasteiger partial charge < -0.3 is 20.3 Å². The van der Waals surface area contributed by atoms with E-state index in [0.29, 0.717) is 13.2 Å². The van der Waals surface area contributed by atoms with E-state index < -0.39 is 0 Å². The maximum atomic E-state index is 10.4. The number of rotatable bonds is 6. The number of nitrogens with zero attached hydrogens (tertiary/aromatic N) is 1. The van der Waals surface area contributed by atoms with E-state index in [1.54, 1.807) is 7.11 Å². The summed E-state index contributed by atoms with van der Waals surface area (Å²) in [7, 11) is 1.74. The van der Waals surface area contributed by atoms with Crippen molar-refractivity contribution in [2.24, 2.45) is 11.1 Å². The highest BCUT2D eigenvalue weighted by atomic mass is 16.5. The third-order valence-electron chi connectivity index (χ3n) is 6.57. The lowest BCUT2D eigenvalue weighted by Gasteiger charge is -2.56. The van der Waals surface area contributed by atoms with E-state index in [4.69, 9.17) is 15.2 Å². The average molecular weight is 370 g/mol. The third kappa shape index (κ3) is 3.34. The number of fused-ring (bicyclic) bond motifs is 1. The highest BCUT2D eigenvalue weighted by Gasteiger charge is 2.56. The molecular formula is C22H30N2O3. The summed E-state index contributed by atoms with van der Waals surface area (Å²) >= 11 is 0. The Bertz CT molecular complexity index is 786. The largest absolute Gasteiger partial charge is 0.496 e. The maximum absolute atomic E-state index is 10.4. The second-order valence-electron chi connectivity index (χ2n) is 7.88. The van der Waals surface area contributed by atoms with E-state index in [-0.39, 0.29) is 17.6 Å². The van der Waals surface area contributed by atoms with Gasteiger partial charge in [-0.2, -0.15) is 0 Å². The molecule has 1 saturated carbocycles. The van der Waals surface area contributed by atoms with Crippen LogP contribution in [0.2, 0.25) is 0 Å². The molecule has 146 valence electrons. The fourth-order valence-electron chi connectivity index (χ4n) is 4.85. The molecule has 2 aromatic rings. The van der Waals surface area contributed by atoms with E-state index in [9.17, 15) is 5.11 Å². The van der Waals surface area contributed by atoms with Gasteiger partial charge >= 0.3 is 0 Å². The number of methoxy groups -OCH3 is 1. The summed E-state index contributed by atoms with van der Waals surface area (Å²) in [5.74, 6) is 0.946. The Labute approximate surface area is 161 Å². The number of benzene rings is 2. The van der Waals surface area contributed by atoms with Crippen LogP contribution in [0.1, 0.15) is 24.8 Å². The molecular weight excluding hydrogens is 340 g/mol. The summed E-state index contributed by atoms with van der Waals surface area (Å²) in [6.45, 7) is 3.91. The second-order valence-corrected chi connectivity index (χ2v) is 7.88. The zero-order valence-electron chi connectivity index (χ0n) is 16.1. The first-order chi connectivity index (χ1) is 13.2. The van der Waals surface area contributed by atoms with E-state index in [0.717, 1.165) is 44.6 Å². The van der Waals surface area contributed by atoms with Crippen LogP contribution in [-0.4, -0.2) is 55.6 Å². The molecule has 0 bridgehead atoms. The Balaban J connectivity index is 1.48. The molecule has 27 heavy (non-hydrogen) atoms. The van der Waals surface area contributed by atoms with Crippen LogP contribution in [0.4, 0.5) is 0 Å². The van der Waals surface area contributed by atoms with Crippen molar-refractivity contribution >= 4 is 10.8 Å². The van der Waals surface area contributed by atoms with E-state index in [1.165, 1.54) is 16.3 Å². The molecule has 2 aromatic carbocycles. The monoisotopic (exact) mass is 370 g/mol. The predicted octanol–water partition coefficient (Wildman–Crippen LogP) is 2.54. The Morgan fingerprint density at radius 1 is 1.19 bits per heavy atom. The summed E-state index contributed by atoms with van der Waals surface area (Å²) in [5.41, 5.74) is 6.75. The lowest BCUT2D eigenvalue weighted by Crippen LogP contribution is -2.62. The lowest BCUT2D eigenvalue weighted by atomic mass is 9.58. The van der Waals surface area contributed by atoms with Gasteiger partial charge in [0.15, 0.2) is 0 Å². The molecule has 1 heterocycles. The summed E-state index contributed by atoms with van der Waals surface area (Å²) in [6.07, 6.45) is 2.60. The van der Waals surface area contributed by atoms with Gasteiger partial charge in [-0.05, 0) is 42.8 Å². The molecule has 2 atom stereocenters. The fourth-order valence-corrected chi connectivity index (χ4v) is 4.85. The quantitative estimate of drug-likeness (QED) is 0.818. The Morgan fingerprint density at radius 3 is 2.67 bits per heavy atom. The van der Waals surface area contributed by atoms with Crippen LogP contribution in [0.5, 0.6) is 5.75 Å². The molecule has 0 amide bonds. The molecule has 3 N–H and O–H groups in total. The van der Waals surface area contributed by atoms with Crippen molar-refractivity contribution in [3.8, 4) is 5.75 Å². The fraction of sp³-hybridized carbons (Fsp3) is 0.545. The van der Waals surface area contributed by atoms with Crippen molar-refractivity contribution in [2.75, 3.05) is 33.4 Å². The van der Waals surface area contributed by atoms with Crippen molar-refractivity contribution in [1.82, 2.24) is 4.90 Å². The van der Waals surface area contributed by atoms with Gasteiger partial charge in [0, 0.05) is 30.5 Å². The molecule has 5 nitrogen and oxygen atoms in total. The molecule has 5 heteroatoms. The normalized spacial score (nSPS) is 24.9. The van der Waals surface area contributed by atoms with Gasteiger partial charge in [0.05, 0.1) is 25.9 Å². The molecule has 1 aliphatic heterocycles. The van der Waals surface area contributed by atoms with E-state index in [1.807, 2.05) is 0 Å². The number of piperidine rings is 1. The molecule has 1 saturated heterocycles. The van der Waals surface area contributed by atoms with Gasteiger partial charge in [-0.25, -0.2) is 0 Å². The van der Waals surface area contributed by atoms with Crippen molar-refractivity contribution < 1.29 is 14.6 Å². The molecule has 4 rings (SSSR count). The molecule has 2 fully saturated rings. The number of aliphatic hydroxyl groups is 1. The standard InChI is InChI=1S/C22H30N2O3/c1-26-19-7-6-16-4-2-3-5-17(16)18(19)15-24-11-8-22(9-12-24)20(25)14-21(22)27-13-10-23/h2-7,20-21,25H,8-15,23H2,1H3. The zero-order valence-corrected chi connectivity index (χ0v) is 16.1. The number of likely N-dealkylation sites (tertiary alicyclic amines) is 1. The number of ether oxygens (including phenoxy) is 2. The Kier molecular flexibility index (Phi) is 5.37. The second kappa shape index (κ2) is 7.76. The smallest absolute Gasteiger partial charge is 0.123 e. The first-order valence-corrected chi connectivity index (χ1v) is 9.94. The number of hydrogen-bond acceptors (Lipinski definition) is 5. The van der Waals surface area contributed by atoms with Gasteiger partial charge in [0.25, 0.3) is 0 Å². The molecule has 1 spiro atoms. The van der Waals surface area contributed by atoms with Crippen molar-refractivity contribution in [3.63, 3.8) is 0 Å². The van der Waals surface area contributed by atoms with Gasteiger partial charge in [-0.1, -0.05) is 30.3 Å². The SMILES string of the molecule is COc1ccc2ccccc2c1CN1CCC2(CC1)C(O)CC2OCCN.